The molecule has 0 radical (unpaired) electrons. The first-order chi connectivity index (χ1) is 27.0. The molecule has 5 heteroatoms. The molecule has 0 fully saturated rings. The molecule has 0 aliphatic rings. The van der Waals surface area contributed by atoms with E-state index in [9.17, 15) is 0 Å². The van der Waals surface area contributed by atoms with Crippen molar-refractivity contribution < 1.29 is 13.6 Å². The van der Waals surface area contributed by atoms with Gasteiger partial charge in [-0.15, -0.1) is 0 Å². The van der Waals surface area contributed by atoms with Crippen LogP contribution in [0, 0.1) is 0 Å². The van der Waals surface area contributed by atoms with Gasteiger partial charge in [0.15, 0.2) is 0 Å². The summed E-state index contributed by atoms with van der Waals surface area (Å²) in [4.78, 5) is 0. The fraction of sp³-hybridized carbons (Fsp3) is 0.444. The second-order valence-electron chi connectivity index (χ2n) is 22.4. The molecule has 5 rings (SSSR count). The van der Waals surface area contributed by atoms with Gasteiger partial charge in [0.05, 0.1) is 5.30 Å². The fourth-order valence-corrected chi connectivity index (χ4v) is 8.94. The van der Waals surface area contributed by atoms with E-state index in [4.69, 9.17) is 13.6 Å². The van der Waals surface area contributed by atoms with Gasteiger partial charge in [0.1, 0.15) is 26.1 Å². The van der Waals surface area contributed by atoms with Gasteiger partial charge in [-0.2, -0.15) is 0 Å². The Labute approximate surface area is 361 Å². The first-order valence-corrected chi connectivity index (χ1v) is 23.3. The largest absolute Gasteiger partial charge is 0.472 e. The van der Waals surface area contributed by atoms with Crippen LogP contribution in [0.2, 0.25) is 0 Å². The minimum atomic E-state index is -1.56. The third kappa shape index (κ3) is 11.8. The van der Waals surface area contributed by atoms with E-state index in [0.717, 1.165) is 39.0 Å². The molecule has 0 saturated carbocycles. The average molecular weight is 831 g/mol. The lowest BCUT2D eigenvalue weighted by atomic mass is 9.80. The van der Waals surface area contributed by atoms with Gasteiger partial charge in [0, 0.05) is 22.0 Å². The Morgan fingerprint density at radius 3 is 1.02 bits per heavy atom. The molecule has 1 atom stereocenters. The summed E-state index contributed by atoms with van der Waals surface area (Å²) in [5.74, 6) is 2.69. The quantitative estimate of drug-likeness (QED) is 0.139. The second kappa shape index (κ2) is 17.0. The van der Waals surface area contributed by atoms with Crippen molar-refractivity contribution in [1.82, 2.24) is 0 Å². The van der Waals surface area contributed by atoms with Crippen LogP contribution in [0.5, 0.6) is 17.2 Å². The van der Waals surface area contributed by atoms with Crippen molar-refractivity contribution in [3.05, 3.63) is 137 Å². The summed E-state index contributed by atoms with van der Waals surface area (Å²) in [6.07, 6.45) is 0. The van der Waals surface area contributed by atoms with Crippen molar-refractivity contribution in [2.24, 2.45) is 0 Å². The van der Waals surface area contributed by atoms with Gasteiger partial charge in [-0.25, -0.2) is 0 Å². The number of hydrogen-bond donors (Lipinski definition) is 0. The van der Waals surface area contributed by atoms with Crippen molar-refractivity contribution in [2.75, 3.05) is 0 Å². The Morgan fingerprint density at radius 2 is 0.678 bits per heavy atom. The number of benzene rings is 5. The summed E-state index contributed by atoms with van der Waals surface area (Å²) >= 11 is 0. The lowest BCUT2D eigenvalue weighted by Crippen LogP contribution is -2.20. The summed E-state index contributed by atoms with van der Waals surface area (Å²) in [6, 6.07) is 37.6. The van der Waals surface area contributed by atoms with Crippen LogP contribution in [0.15, 0.2) is 103 Å². The summed E-state index contributed by atoms with van der Waals surface area (Å²) in [7, 11) is -1.35. The topological polar surface area (TPSA) is 27.7 Å². The third-order valence-electron chi connectivity index (χ3n) is 10.9. The average Bonchev–Trinajstić information content (AvgIpc) is 3.11. The second-order valence-corrected chi connectivity index (χ2v) is 24.8. The van der Waals surface area contributed by atoms with E-state index in [1.807, 2.05) is 0 Å². The van der Waals surface area contributed by atoms with Gasteiger partial charge >= 0.3 is 8.38 Å². The molecule has 0 spiro atoms. The van der Waals surface area contributed by atoms with Crippen LogP contribution in [0.1, 0.15) is 158 Å². The Kier molecular flexibility index (Phi) is 13.4. The molecule has 5 aromatic carbocycles. The number of rotatable bonds is 9. The van der Waals surface area contributed by atoms with Crippen LogP contribution < -0.4 is 24.2 Å². The summed E-state index contributed by atoms with van der Waals surface area (Å²) in [5.41, 5.74) is 9.65. The van der Waals surface area contributed by atoms with Crippen LogP contribution in [0.4, 0.5) is 0 Å². The standard InChI is InChI=1S/C54H72O3P2/c1-49(2,3)38-23-30-46(43(33-38)52(10,11)12)55-58-41-26-19-36(20-27-41)37-21-28-42(29-22-37)59(56-47-31-24-39(50(4,5)6)34-44(47)53(13,14)15)57-48-32-25-40(51(7,8)9)35-45(48)54(16,17)18/h19-35,58H,1-18H3. The maximum absolute atomic E-state index is 7.10. The van der Waals surface area contributed by atoms with Crippen molar-refractivity contribution in [1.29, 1.82) is 0 Å². The molecule has 0 bridgehead atoms. The maximum Gasteiger partial charge on any atom is 0.326 e. The molecule has 5 aromatic rings. The molecule has 0 N–H and O–H groups in total. The zero-order valence-electron chi connectivity index (χ0n) is 39.5. The van der Waals surface area contributed by atoms with Gasteiger partial charge in [-0.05, 0) is 90.6 Å². The monoisotopic (exact) mass is 830 g/mol. The molecule has 1 unspecified atom stereocenters. The molecule has 0 aliphatic heterocycles. The van der Waals surface area contributed by atoms with Crippen LogP contribution in [0.25, 0.3) is 11.1 Å². The molecule has 0 aromatic heterocycles. The maximum atomic E-state index is 7.10. The normalized spacial score (nSPS) is 13.3. The van der Waals surface area contributed by atoms with Gasteiger partial charge in [-0.3, -0.25) is 0 Å². The van der Waals surface area contributed by atoms with Gasteiger partial charge in [-0.1, -0.05) is 197 Å². The predicted octanol–water partition coefficient (Wildman–Crippen LogP) is 15.5. The van der Waals surface area contributed by atoms with Gasteiger partial charge in [0.25, 0.3) is 0 Å². The molecule has 0 saturated heterocycles. The van der Waals surface area contributed by atoms with Crippen LogP contribution in [-0.4, -0.2) is 0 Å². The first kappa shape index (κ1) is 46.4. The van der Waals surface area contributed by atoms with Crippen LogP contribution >= 0.6 is 17.2 Å². The molecule has 0 aliphatic carbocycles. The molecule has 3 nitrogen and oxygen atoms in total. The third-order valence-corrected chi connectivity index (χ3v) is 13.2. The zero-order chi connectivity index (χ0) is 43.9. The SMILES string of the molecule is CC(C)(C)c1ccc(OPc2ccc(-c3ccc(P(Oc4ccc(C(C)(C)C)cc4C(C)(C)C)Oc4ccc(C(C)(C)C)cc4C(C)(C)C)cc3)cc2)c(C(C)(C)C)c1. The van der Waals surface area contributed by atoms with Crippen LogP contribution in [0.3, 0.4) is 0 Å². The summed E-state index contributed by atoms with van der Waals surface area (Å²) in [6.45, 7) is 40.7. The number of hydrogen-bond acceptors (Lipinski definition) is 3. The van der Waals surface area contributed by atoms with Gasteiger partial charge in [0.2, 0.25) is 0 Å². The van der Waals surface area contributed by atoms with Crippen LogP contribution in [-0.2, 0) is 32.5 Å². The van der Waals surface area contributed by atoms with E-state index < -0.39 is 8.38 Å². The van der Waals surface area contributed by atoms with E-state index >= 15 is 0 Å². The highest BCUT2D eigenvalue weighted by molar-refractivity contribution is 7.56. The van der Waals surface area contributed by atoms with E-state index in [2.05, 4.69) is 228 Å². The lowest BCUT2D eigenvalue weighted by Gasteiger charge is -2.30. The summed E-state index contributed by atoms with van der Waals surface area (Å²) in [5, 5.41) is 2.18. The molecule has 59 heavy (non-hydrogen) atoms. The molecular formula is C54H72O3P2. The summed E-state index contributed by atoms with van der Waals surface area (Å²) < 4.78 is 20.7. The van der Waals surface area contributed by atoms with E-state index in [1.54, 1.807) is 0 Å². The molecular weight excluding hydrogens is 759 g/mol. The van der Waals surface area contributed by atoms with Crippen molar-refractivity contribution in [3.63, 3.8) is 0 Å². The zero-order valence-corrected chi connectivity index (χ0v) is 41.4. The Bertz CT molecular complexity index is 2130. The Balaban J connectivity index is 1.46. The molecule has 0 amide bonds. The predicted molar refractivity (Wildman–Crippen MR) is 260 cm³/mol. The van der Waals surface area contributed by atoms with E-state index in [0.29, 0.717) is 0 Å². The smallest absolute Gasteiger partial charge is 0.326 e. The fourth-order valence-electron chi connectivity index (χ4n) is 6.92. The minimum absolute atomic E-state index is 0.0197. The molecule has 0 heterocycles. The minimum Gasteiger partial charge on any atom is -0.472 e. The highest BCUT2D eigenvalue weighted by Crippen LogP contribution is 2.47. The highest BCUT2D eigenvalue weighted by Gasteiger charge is 2.30. The highest BCUT2D eigenvalue weighted by atomic mass is 31.2. The van der Waals surface area contributed by atoms with Gasteiger partial charge < -0.3 is 13.6 Å². The Morgan fingerprint density at radius 1 is 0.356 bits per heavy atom. The van der Waals surface area contributed by atoms with Crippen molar-refractivity contribution in [2.45, 2.75) is 157 Å². The Hall–Kier alpha value is -3.64. The van der Waals surface area contributed by atoms with E-state index in [-0.39, 0.29) is 41.3 Å². The van der Waals surface area contributed by atoms with Crippen molar-refractivity contribution in [3.8, 4) is 28.4 Å². The van der Waals surface area contributed by atoms with E-state index in [1.165, 1.54) is 33.4 Å². The van der Waals surface area contributed by atoms with Crippen molar-refractivity contribution >= 4 is 27.8 Å². The molecule has 316 valence electrons. The first-order valence-electron chi connectivity index (χ1n) is 21.3. The lowest BCUT2D eigenvalue weighted by molar-refractivity contribution is 0.466.